The second kappa shape index (κ2) is 14.6. The summed E-state index contributed by atoms with van der Waals surface area (Å²) in [5.74, 6) is 0.430. The maximum atomic E-state index is 11.4. The molecule has 218 valence electrons. The van der Waals surface area contributed by atoms with Crippen LogP contribution in [0, 0.1) is 5.92 Å². The first-order chi connectivity index (χ1) is 20.1. The molecule has 4 atom stereocenters. The molecular formula is C34H42N2O5. The predicted octanol–water partition coefficient (Wildman–Crippen LogP) is 5.84. The molecule has 0 unspecified atom stereocenters. The molecule has 5 rings (SSSR count). The Hall–Kier alpha value is -3.23. The summed E-state index contributed by atoms with van der Waals surface area (Å²) >= 11 is 0. The lowest BCUT2D eigenvalue weighted by atomic mass is 9.90. The van der Waals surface area contributed by atoms with Crippen LogP contribution in [0.1, 0.15) is 36.5 Å². The zero-order chi connectivity index (χ0) is 28.4. The summed E-state index contributed by atoms with van der Waals surface area (Å²) in [5, 5.41) is 9.39. The van der Waals surface area contributed by atoms with Crippen LogP contribution in [0.3, 0.4) is 0 Å². The van der Waals surface area contributed by atoms with Gasteiger partial charge in [0.15, 0.2) is 0 Å². The van der Waals surface area contributed by atoms with E-state index in [1.807, 2.05) is 54.6 Å². The standard InChI is InChI=1S/C34H42N2O5/c1-26-32(40-24-29-13-7-3-8-14-29)33(41-25-30-15-9-4-10-16-30)31(39-23-28-11-5-2-6-12-28)22-36(26)21-27-17-19-35(20-18-27)34(37)38/h2-16,26-27,31-33H,17-25H2,1H3,(H,37,38)/t26-,31+,32-,33-/m1/s1. The lowest BCUT2D eigenvalue weighted by molar-refractivity contribution is -0.202. The van der Waals surface area contributed by atoms with Crippen molar-refractivity contribution in [3.8, 4) is 0 Å². The summed E-state index contributed by atoms with van der Waals surface area (Å²) in [6.07, 6.45) is 0.283. The third-order valence-electron chi connectivity index (χ3n) is 8.41. The Morgan fingerprint density at radius 3 is 1.68 bits per heavy atom. The minimum atomic E-state index is -0.822. The van der Waals surface area contributed by atoms with Gasteiger partial charge in [0.1, 0.15) is 12.2 Å². The highest BCUT2D eigenvalue weighted by atomic mass is 16.6. The first-order valence-corrected chi connectivity index (χ1v) is 14.8. The Kier molecular flexibility index (Phi) is 10.4. The minimum absolute atomic E-state index is 0.105. The Labute approximate surface area is 243 Å². The van der Waals surface area contributed by atoms with Crippen LogP contribution in [-0.4, -0.2) is 71.5 Å². The number of ether oxygens (including phenoxy) is 3. The molecule has 0 aliphatic carbocycles. The molecule has 2 aliphatic rings. The van der Waals surface area contributed by atoms with E-state index in [-0.39, 0.29) is 24.4 Å². The number of piperidine rings is 2. The summed E-state index contributed by atoms with van der Waals surface area (Å²) in [7, 11) is 0. The average Bonchev–Trinajstić information content (AvgIpc) is 3.01. The minimum Gasteiger partial charge on any atom is -0.465 e. The molecular weight excluding hydrogens is 516 g/mol. The van der Waals surface area contributed by atoms with E-state index in [0.717, 1.165) is 42.6 Å². The molecule has 2 saturated heterocycles. The third kappa shape index (κ3) is 8.17. The van der Waals surface area contributed by atoms with Crippen LogP contribution >= 0.6 is 0 Å². The molecule has 7 nitrogen and oxygen atoms in total. The van der Waals surface area contributed by atoms with Gasteiger partial charge in [0.2, 0.25) is 0 Å². The second-order valence-corrected chi connectivity index (χ2v) is 11.3. The van der Waals surface area contributed by atoms with Crippen LogP contribution in [0.5, 0.6) is 0 Å². The van der Waals surface area contributed by atoms with Crippen LogP contribution in [0.4, 0.5) is 4.79 Å². The van der Waals surface area contributed by atoms with Crippen molar-refractivity contribution in [2.45, 2.75) is 63.9 Å². The largest absolute Gasteiger partial charge is 0.465 e. The molecule has 7 heteroatoms. The first kappa shape index (κ1) is 29.3. The lowest BCUT2D eigenvalue weighted by Gasteiger charge is -2.48. The van der Waals surface area contributed by atoms with Gasteiger partial charge in [0.05, 0.1) is 25.9 Å². The molecule has 0 spiro atoms. The molecule has 1 amide bonds. The molecule has 1 N–H and O–H groups in total. The van der Waals surface area contributed by atoms with Crippen molar-refractivity contribution in [2.75, 3.05) is 26.2 Å². The first-order valence-electron chi connectivity index (χ1n) is 14.8. The zero-order valence-corrected chi connectivity index (χ0v) is 23.9. The fraction of sp³-hybridized carbons (Fsp3) is 0.441. The number of hydrogen-bond donors (Lipinski definition) is 1. The molecule has 0 radical (unpaired) electrons. The number of benzene rings is 3. The maximum absolute atomic E-state index is 11.4. The molecule has 2 aliphatic heterocycles. The van der Waals surface area contributed by atoms with Gasteiger partial charge in [-0.3, -0.25) is 4.90 Å². The average molecular weight is 559 g/mol. The van der Waals surface area contributed by atoms with Gasteiger partial charge < -0.3 is 24.2 Å². The van der Waals surface area contributed by atoms with E-state index < -0.39 is 6.09 Å². The van der Waals surface area contributed by atoms with Gasteiger partial charge in [-0.25, -0.2) is 4.79 Å². The van der Waals surface area contributed by atoms with E-state index >= 15 is 0 Å². The molecule has 2 fully saturated rings. The van der Waals surface area contributed by atoms with Crippen LogP contribution in [0.2, 0.25) is 0 Å². The van der Waals surface area contributed by atoms with Crippen molar-refractivity contribution in [3.05, 3.63) is 108 Å². The second-order valence-electron chi connectivity index (χ2n) is 11.3. The normalized spacial score (nSPS) is 23.9. The fourth-order valence-corrected chi connectivity index (χ4v) is 5.97. The Morgan fingerprint density at radius 1 is 0.732 bits per heavy atom. The third-order valence-corrected chi connectivity index (χ3v) is 8.41. The summed E-state index contributed by atoms with van der Waals surface area (Å²) < 4.78 is 20.0. The van der Waals surface area contributed by atoms with Gasteiger partial charge in [-0.05, 0) is 42.4 Å². The Morgan fingerprint density at radius 2 is 1.20 bits per heavy atom. The van der Waals surface area contributed by atoms with E-state index in [1.54, 1.807) is 0 Å². The number of hydrogen-bond acceptors (Lipinski definition) is 5. The smallest absolute Gasteiger partial charge is 0.407 e. The summed E-state index contributed by atoms with van der Waals surface area (Å²) in [5.41, 5.74) is 3.38. The monoisotopic (exact) mass is 558 g/mol. The lowest BCUT2D eigenvalue weighted by Crippen LogP contribution is -2.63. The summed E-state index contributed by atoms with van der Waals surface area (Å²) in [6.45, 7) is 6.52. The number of carbonyl (C=O) groups is 1. The van der Waals surface area contributed by atoms with Crippen molar-refractivity contribution in [1.29, 1.82) is 0 Å². The topological polar surface area (TPSA) is 71.5 Å². The maximum Gasteiger partial charge on any atom is 0.407 e. The SMILES string of the molecule is C[C@@H]1[C@@H](OCc2ccccc2)[C@H](OCc2ccccc2)[C@@H](OCc2ccccc2)CN1CC1CCN(C(=O)O)CC1. The van der Waals surface area contributed by atoms with Gasteiger partial charge in [-0.15, -0.1) is 0 Å². The predicted molar refractivity (Wildman–Crippen MR) is 158 cm³/mol. The van der Waals surface area contributed by atoms with Gasteiger partial charge in [-0.1, -0.05) is 91.0 Å². The van der Waals surface area contributed by atoms with Crippen LogP contribution in [-0.2, 0) is 34.0 Å². The molecule has 3 aromatic carbocycles. The van der Waals surface area contributed by atoms with E-state index in [0.29, 0.717) is 38.8 Å². The fourth-order valence-electron chi connectivity index (χ4n) is 5.97. The number of likely N-dealkylation sites (tertiary alicyclic amines) is 2. The summed E-state index contributed by atoms with van der Waals surface area (Å²) in [4.78, 5) is 15.4. The van der Waals surface area contributed by atoms with Gasteiger partial charge in [0.25, 0.3) is 0 Å². The highest BCUT2D eigenvalue weighted by Crippen LogP contribution is 2.30. The number of rotatable bonds is 11. The highest BCUT2D eigenvalue weighted by molar-refractivity contribution is 5.64. The van der Waals surface area contributed by atoms with Crippen molar-refractivity contribution in [2.24, 2.45) is 5.92 Å². The van der Waals surface area contributed by atoms with E-state index in [9.17, 15) is 9.90 Å². The van der Waals surface area contributed by atoms with Crippen molar-refractivity contribution in [1.82, 2.24) is 9.80 Å². The van der Waals surface area contributed by atoms with Crippen LogP contribution < -0.4 is 0 Å². The molecule has 2 heterocycles. The number of carboxylic acid groups (broad SMARTS) is 1. The zero-order valence-electron chi connectivity index (χ0n) is 23.9. The van der Waals surface area contributed by atoms with E-state index in [2.05, 4.69) is 48.2 Å². The van der Waals surface area contributed by atoms with E-state index in [1.165, 1.54) is 4.90 Å². The van der Waals surface area contributed by atoms with Gasteiger partial charge in [-0.2, -0.15) is 0 Å². The molecule has 3 aromatic rings. The number of nitrogens with zero attached hydrogens (tertiary/aromatic N) is 2. The van der Waals surface area contributed by atoms with Gasteiger partial charge in [0, 0.05) is 32.2 Å². The molecule has 0 saturated carbocycles. The quantitative estimate of drug-likeness (QED) is 0.319. The van der Waals surface area contributed by atoms with E-state index in [4.69, 9.17) is 14.2 Å². The Balaban J connectivity index is 1.35. The molecule has 0 bridgehead atoms. The highest BCUT2D eigenvalue weighted by Gasteiger charge is 2.44. The number of amides is 1. The van der Waals surface area contributed by atoms with Gasteiger partial charge >= 0.3 is 6.09 Å². The molecule has 41 heavy (non-hydrogen) atoms. The van der Waals surface area contributed by atoms with Crippen LogP contribution in [0.25, 0.3) is 0 Å². The van der Waals surface area contributed by atoms with Crippen molar-refractivity contribution < 1.29 is 24.1 Å². The van der Waals surface area contributed by atoms with Crippen LogP contribution in [0.15, 0.2) is 91.0 Å². The van der Waals surface area contributed by atoms with Crippen molar-refractivity contribution in [3.63, 3.8) is 0 Å². The Bertz CT molecular complexity index is 1190. The summed E-state index contributed by atoms with van der Waals surface area (Å²) in [6, 6.07) is 30.9. The van der Waals surface area contributed by atoms with Crippen molar-refractivity contribution >= 4 is 6.09 Å². The molecule has 0 aromatic heterocycles.